The van der Waals surface area contributed by atoms with Gasteiger partial charge < -0.3 is 14.7 Å². The average Bonchev–Trinajstić information content (AvgIpc) is 2.38. The Morgan fingerprint density at radius 3 is 2.89 bits per heavy atom. The average molecular weight is 249 g/mol. The van der Waals surface area contributed by atoms with Crippen LogP contribution in [0.2, 0.25) is 0 Å². The van der Waals surface area contributed by atoms with Gasteiger partial charge in [0.15, 0.2) is 0 Å². The minimum absolute atomic E-state index is 0.0560. The third kappa shape index (κ3) is 2.36. The van der Waals surface area contributed by atoms with Crippen LogP contribution in [0.15, 0.2) is 18.2 Å². The van der Waals surface area contributed by atoms with Gasteiger partial charge in [0.05, 0.1) is 12.2 Å². The second-order valence-electron chi connectivity index (χ2n) is 4.10. The molecular formula is C13H15NO4. The zero-order valence-corrected chi connectivity index (χ0v) is 10.2. The molecule has 5 nitrogen and oxygen atoms in total. The summed E-state index contributed by atoms with van der Waals surface area (Å²) < 4.78 is 5.08. The van der Waals surface area contributed by atoms with Crippen molar-refractivity contribution in [3.05, 3.63) is 29.3 Å². The summed E-state index contributed by atoms with van der Waals surface area (Å²) in [5.41, 5.74) is 1.85. The highest BCUT2D eigenvalue weighted by Gasteiger charge is 2.23. The van der Waals surface area contributed by atoms with Gasteiger partial charge in [0.2, 0.25) is 0 Å². The van der Waals surface area contributed by atoms with Crippen LogP contribution < -0.4 is 4.90 Å². The number of ether oxygens (including phenoxy) is 1. The van der Waals surface area contributed by atoms with Gasteiger partial charge in [0.1, 0.15) is 6.61 Å². The molecule has 1 aromatic rings. The second kappa shape index (κ2) is 5.18. The minimum Gasteiger partial charge on any atom is -0.478 e. The Labute approximate surface area is 105 Å². The van der Waals surface area contributed by atoms with Gasteiger partial charge in [-0.15, -0.1) is 0 Å². The fourth-order valence-electron chi connectivity index (χ4n) is 2.02. The zero-order chi connectivity index (χ0) is 13.1. The maximum atomic E-state index is 11.8. The van der Waals surface area contributed by atoms with E-state index in [1.165, 1.54) is 0 Å². The van der Waals surface area contributed by atoms with Gasteiger partial charge in [-0.25, -0.2) is 4.79 Å². The first kappa shape index (κ1) is 12.6. The Morgan fingerprint density at radius 2 is 2.28 bits per heavy atom. The van der Waals surface area contributed by atoms with Crippen LogP contribution in [-0.4, -0.2) is 36.7 Å². The molecule has 2 rings (SSSR count). The fraction of sp³-hybridized carbons (Fsp3) is 0.385. The van der Waals surface area contributed by atoms with Crippen LogP contribution in [0.1, 0.15) is 22.8 Å². The van der Waals surface area contributed by atoms with E-state index < -0.39 is 5.97 Å². The first-order chi connectivity index (χ1) is 8.63. The Hall–Kier alpha value is -1.88. The summed E-state index contributed by atoms with van der Waals surface area (Å²) in [4.78, 5) is 24.4. The van der Waals surface area contributed by atoms with Crippen LogP contribution >= 0.6 is 0 Å². The molecule has 1 amide bonds. The maximum Gasteiger partial charge on any atom is 0.335 e. The molecule has 1 N–H and O–H groups in total. The summed E-state index contributed by atoms with van der Waals surface area (Å²) in [5, 5.41) is 9.01. The number of hydrogen-bond acceptors (Lipinski definition) is 3. The summed E-state index contributed by atoms with van der Waals surface area (Å²) >= 11 is 0. The van der Waals surface area contributed by atoms with Gasteiger partial charge in [0, 0.05) is 12.2 Å². The van der Waals surface area contributed by atoms with Crippen LogP contribution in [0.3, 0.4) is 0 Å². The van der Waals surface area contributed by atoms with E-state index in [0.717, 1.165) is 12.0 Å². The summed E-state index contributed by atoms with van der Waals surface area (Å²) in [6.07, 6.45) is 0.750. The van der Waals surface area contributed by atoms with E-state index in [9.17, 15) is 9.59 Å². The van der Waals surface area contributed by atoms with Gasteiger partial charge >= 0.3 is 5.97 Å². The summed E-state index contributed by atoms with van der Waals surface area (Å²) in [7, 11) is 0. The molecule has 1 heterocycles. The minimum atomic E-state index is -0.986. The monoisotopic (exact) mass is 249 g/mol. The Balaban J connectivity index is 2.42. The fourth-order valence-corrected chi connectivity index (χ4v) is 2.02. The molecule has 18 heavy (non-hydrogen) atoms. The van der Waals surface area contributed by atoms with Gasteiger partial charge in [-0.3, -0.25) is 4.79 Å². The molecule has 1 aliphatic heterocycles. The number of carbonyl (C=O) groups excluding carboxylic acids is 1. The molecule has 0 atom stereocenters. The van der Waals surface area contributed by atoms with Crippen molar-refractivity contribution in [3.8, 4) is 0 Å². The summed E-state index contributed by atoms with van der Waals surface area (Å²) in [6, 6.07) is 4.89. The number of rotatable bonds is 3. The van der Waals surface area contributed by atoms with Crippen LogP contribution in [0.5, 0.6) is 0 Å². The van der Waals surface area contributed by atoms with Crippen molar-refractivity contribution in [2.45, 2.75) is 13.3 Å². The van der Waals surface area contributed by atoms with E-state index in [2.05, 4.69) is 0 Å². The molecule has 0 unspecified atom stereocenters. The molecular weight excluding hydrogens is 234 g/mol. The van der Waals surface area contributed by atoms with Crippen LogP contribution in [0, 0.1) is 0 Å². The van der Waals surface area contributed by atoms with Gasteiger partial charge in [0.25, 0.3) is 5.91 Å². The van der Waals surface area contributed by atoms with E-state index in [1.807, 2.05) is 6.92 Å². The zero-order valence-electron chi connectivity index (χ0n) is 10.2. The molecule has 0 spiro atoms. The standard InChI is InChI=1S/C13H15NO4/c1-2-9-3-4-10(13(16)17)7-11(9)14-5-6-18-8-12(14)15/h3-4,7H,2,5-6,8H2,1H3,(H,16,17). The number of aromatic carboxylic acids is 1. The SMILES string of the molecule is CCc1ccc(C(=O)O)cc1N1CCOCC1=O. The van der Waals surface area contributed by atoms with Crippen molar-refractivity contribution in [2.24, 2.45) is 0 Å². The highest BCUT2D eigenvalue weighted by molar-refractivity contribution is 5.97. The van der Waals surface area contributed by atoms with Crippen molar-refractivity contribution < 1.29 is 19.4 Å². The molecule has 5 heteroatoms. The number of morpholine rings is 1. The molecule has 0 saturated carbocycles. The second-order valence-corrected chi connectivity index (χ2v) is 4.10. The van der Waals surface area contributed by atoms with Crippen molar-refractivity contribution in [2.75, 3.05) is 24.7 Å². The highest BCUT2D eigenvalue weighted by Crippen LogP contribution is 2.24. The van der Waals surface area contributed by atoms with E-state index in [1.54, 1.807) is 23.1 Å². The molecule has 0 bridgehead atoms. The predicted molar refractivity (Wildman–Crippen MR) is 66.0 cm³/mol. The van der Waals surface area contributed by atoms with Crippen LogP contribution in [0.25, 0.3) is 0 Å². The molecule has 1 saturated heterocycles. The third-order valence-corrected chi connectivity index (χ3v) is 2.99. The van der Waals surface area contributed by atoms with Crippen LogP contribution in [-0.2, 0) is 16.0 Å². The number of carbonyl (C=O) groups is 2. The molecule has 1 aliphatic rings. The van der Waals surface area contributed by atoms with E-state index in [-0.39, 0.29) is 18.1 Å². The Morgan fingerprint density at radius 1 is 1.50 bits per heavy atom. The van der Waals surface area contributed by atoms with E-state index >= 15 is 0 Å². The first-order valence-corrected chi connectivity index (χ1v) is 5.87. The molecule has 96 valence electrons. The van der Waals surface area contributed by atoms with Crippen molar-refractivity contribution in [3.63, 3.8) is 0 Å². The summed E-state index contributed by atoms with van der Waals surface area (Å²) in [5.74, 6) is -1.11. The van der Waals surface area contributed by atoms with E-state index in [0.29, 0.717) is 18.8 Å². The molecule has 0 aliphatic carbocycles. The lowest BCUT2D eigenvalue weighted by Gasteiger charge is -2.28. The number of aryl methyl sites for hydroxylation is 1. The molecule has 1 aromatic carbocycles. The Kier molecular flexibility index (Phi) is 3.62. The third-order valence-electron chi connectivity index (χ3n) is 2.99. The Bertz CT molecular complexity index is 484. The number of nitrogens with zero attached hydrogens (tertiary/aromatic N) is 1. The number of hydrogen-bond donors (Lipinski definition) is 1. The number of anilines is 1. The van der Waals surface area contributed by atoms with E-state index in [4.69, 9.17) is 9.84 Å². The molecule has 0 radical (unpaired) electrons. The lowest BCUT2D eigenvalue weighted by molar-refractivity contribution is -0.125. The quantitative estimate of drug-likeness (QED) is 0.877. The number of benzene rings is 1. The topological polar surface area (TPSA) is 66.8 Å². The number of carboxylic acids is 1. The summed E-state index contributed by atoms with van der Waals surface area (Å²) in [6.45, 7) is 2.98. The van der Waals surface area contributed by atoms with Crippen molar-refractivity contribution >= 4 is 17.6 Å². The van der Waals surface area contributed by atoms with Gasteiger partial charge in [-0.2, -0.15) is 0 Å². The van der Waals surface area contributed by atoms with Crippen molar-refractivity contribution in [1.29, 1.82) is 0 Å². The smallest absolute Gasteiger partial charge is 0.335 e. The lowest BCUT2D eigenvalue weighted by Crippen LogP contribution is -2.42. The predicted octanol–water partition coefficient (Wildman–Crippen LogP) is 1.31. The van der Waals surface area contributed by atoms with Gasteiger partial charge in [-0.1, -0.05) is 13.0 Å². The van der Waals surface area contributed by atoms with Crippen LogP contribution in [0.4, 0.5) is 5.69 Å². The van der Waals surface area contributed by atoms with Gasteiger partial charge in [-0.05, 0) is 24.1 Å². The molecule has 0 aromatic heterocycles. The number of amides is 1. The highest BCUT2D eigenvalue weighted by atomic mass is 16.5. The first-order valence-electron chi connectivity index (χ1n) is 5.87. The maximum absolute atomic E-state index is 11.8. The largest absolute Gasteiger partial charge is 0.478 e. The normalized spacial score (nSPS) is 15.8. The van der Waals surface area contributed by atoms with Crippen molar-refractivity contribution in [1.82, 2.24) is 0 Å². The lowest BCUT2D eigenvalue weighted by atomic mass is 10.1. The molecule has 1 fully saturated rings. The number of carboxylic acid groups (broad SMARTS) is 1.